The van der Waals surface area contributed by atoms with Crippen molar-refractivity contribution in [1.29, 1.82) is 0 Å². The second-order valence-corrected chi connectivity index (χ2v) is 7.48. The molecular weight excluding hydrogens is 278 g/mol. The number of carbonyl (C=O) groups is 1. The summed E-state index contributed by atoms with van der Waals surface area (Å²) in [5.74, 6) is -0.629. The summed E-state index contributed by atoms with van der Waals surface area (Å²) < 4.78 is 30.4. The fraction of sp³-hybridized carbons (Fsp3) is 0.929. The Bertz CT molecular complexity index is 377. The van der Waals surface area contributed by atoms with Crippen LogP contribution in [0.4, 0.5) is 0 Å². The molecule has 0 aliphatic heterocycles. The Morgan fingerprint density at radius 2 is 1.55 bits per heavy atom. The van der Waals surface area contributed by atoms with Gasteiger partial charge in [0.25, 0.3) is 10.1 Å². The first-order valence-electron chi connectivity index (χ1n) is 7.42. The van der Waals surface area contributed by atoms with Crippen LogP contribution in [0.5, 0.6) is 0 Å². The van der Waals surface area contributed by atoms with Gasteiger partial charge < -0.3 is 5.32 Å². The van der Waals surface area contributed by atoms with Crippen LogP contribution < -0.4 is 5.32 Å². The number of rotatable bonds is 11. The van der Waals surface area contributed by atoms with E-state index >= 15 is 0 Å². The highest BCUT2D eigenvalue weighted by molar-refractivity contribution is 7.85. The minimum absolute atomic E-state index is 0.160. The number of hydrogen-bond acceptors (Lipinski definition) is 3. The molecule has 2 N–H and O–H groups in total. The van der Waals surface area contributed by atoms with Gasteiger partial charge in [0.15, 0.2) is 0 Å². The Balaban J connectivity index is 3.78. The lowest BCUT2D eigenvalue weighted by molar-refractivity contribution is -0.122. The topological polar surface area (TPSA) is 83.5 Å². The molecule has 0 aliphatic rings. The fourth-order valence-electron chi connectivity index (χ4n) is 2.17. The molecule has 0 rings (SSSR count). The maximum absolute atomic E-state index is 11.7. The SMILES string of the molecule is CCCCCCCCCC(=O)NC(C)(C)CS(=O)(=O)O. The largest absolute Gasteiger partial charge is 0.350 e. The minimum Gasteiger partial charge on any atom is -0.350 e. The van der Waals surface area contributed by atoms with E-state index in [0.717, 1.165) is 19.3 Å². The predicted octanol–water partition coefficient (Wildman–Crippen LogP) is 2.91. The Hall–Kier alpha value is -0.620. The summed E-state index contributed by atoms with van der Waals surface area (Å²) in [6.45, 7) is 5.35. The third-order valence-corrected chi connectivity index (χ3v) is 4.11. The zero-order valence-electron chi connectivity index (χ0n) is 12.9. The van der Waals surface area contributed by atoms with Crippen LogP contribution in [0.15, 0.2) is 0 Å². The van der Waals surface area contributed by atoms with E-state index in [1.165, 1.54) is 25.7 Å². The van der Waals surface area contributed by atoms with Gasteiger partial charge in [-0.2, -0.15) is 8.42 Å². The predicted molar refractivity (Wildman–Crippen MR) is 81.2 cm³/mol. The number of carbonyl (C=O) groups excluding carboxylic acids is 1. The van der Waals surface area contributed by atoms with Gasteiger partial charge in [0.1, 0.15) is 0 Å². The van der Waals surface area contributed by atoms with Gasteiger partial charge in [0, 0.05) is 6.42 Å². The second-order valence-electron chi connectivity index (χ2n) is 6.03. The number of nitrogens with one attached hydrogen (secondary N) is 1. The summed E-state index contributed by atoms with van der Waals surface area (Å²) in [7, 11) is -4.08. The molecule has 1 amide bonds. The van der Waals surface area contributed by atoms with Crippen molar-refractivity contribution in [1.82, 2.24) is 5.32 Å². The van der Waals surface area contributed by atoms with E-state index in [4.69, 9.17) is 4.55 Å². The smallest absolute Gasteiger partial charge is 0.267 e. The number of unbranched alkanes of at least 4 members (excludes halogenated alkanes) is 6. The summed E-state index contributed by atoms with van der Waals surface area (Å²) >= 11 is 0. The summed E-state index contributed by atoms with van der Waals surface area (Å²) in [4.78, 5) is 11.7. The summed E-state index contributed by atoms with van der Waals surface area (Å²) in [6.07, 6.45) is 8.35. The third kappa shape index (κ3) is 12.4. The summed E-state index contributed by atoms with van der Waals surface area (Å²) in [5.41, 5.74) is -0.939. The van der Waals surface area contributed by atoms with Crippen molar-refractivity contribution >= 4 is 16.0 Å². The highest BCUT2D eigenvalue weighted by atomic mass is 32.2. The first kappa shape index (κ1) is 19.4. The van der Waals surface area contributed by atoms with E-state index < -0.39 is 21.4 Å². The van der Waals surface area contributed by atoms with E-state index in [9.17, 15) is 13.2 Å². The van der Waals surface area contributed by atoms with Crippen molar-refractivity contribution < 1.29 is 17.8 Å². The van der Waals surface area contributed by atoms with Crippen molar-refractivity contribution in [2.75, 3.05) is 5.75 Å². The van der Waals surface area contributed by atoms with Gasteiger partial charge in [-0.15, -0.1) is 0 Å². The zero-order chi connectivity index (χ0) is 15.6. The van der Waals surface area contributed by atoms with Crippen LogP contribution in [0.2, 0.25) is 0 Å². The Morgan fingerprint density at radius 3 is 2.05 bits per heavy atom. The van der Waals surface area contributed by atoms with Crippen LogP contribution in [-0.2, 0) is 14.9 Å². The number of hydrogen-bond donors (Lipinski definition) is 2. The van der Waals surface area contributed by atoms with Crippen LogP contribution >= 0.6 is 0 Å². The first-order chi connectivity index (χ1) is 9.16. The molecule has 5 nitrogen and oxygen atoms in total. The lowest BCUT2D eigenvalue weighted by atomic mass is 10.1. The van der Waals surface area contributed by atoms with E-state index in [2.05, 4.69) is 12.2 Å². The van der Waals surface area contributed by atoms with E-state index in [-0.39, 0.29) is 5.91 Å². The standard InChI is InChI=1S/C14H29NO4S/c1-4-5-6-7-8-9-10-11-13(16)15-14(2,3)12-20(17,18)19/h4-12H2,1-3H3,(H,15,16)(H,17,18,19). The minimum atomic E-state index is -4.08. The van der Waals surface area contributed by atoms with E-state index in [1.807, 2.05) is 0 Å². The van der Waals surface area contributed by atoms with Gasteiger partial charge in [-0.25, -0.2) is 0 Å². The molecule has 0 aromatic carbocycles. The average Bonchev–Trinajstić information content (AvgIpc) is 2.23. The maximum atomic E-state index is 11.7. The highest BCUT2D eigenvalue weighted by Gasteiger charge is 2.26. The second kappa shape index (κ2) is 9.34. The van der Waals surface area contributed by atoms with Gasteiger partial charge in [-0.3, -0.25) is 9.35 Å². The lowest BCUT2D eigenvalue weighted by Crippen LogP contribution is -2.48. The molecule has 0 spiro atoms. The van der Waals surface area contributed by atoms with Crippen LogP contribution in [0.3, 0.4) is 0 Å². The zero-order valence-corrected chi connectivity index (χ0v) is 13.8. The molecule has 0 atom stereocenters. The van der Waals surface area contributed by atoms with Crippen LogP contribution in [-0.4, -0.2) is 30.2 Å². The van der Waals surface area contributed by atoms with E-state index in [0.29, 0.717) is 6.42 Å². The quantitative estimate of drug-likeness (QED) is 0.454. The van der Waals surface area contributed by atoms with Gasteiger partial charge >= 0.3 is 0 Å². The monoisotopic (exact) mass is 307 g/mol. The molecule has 6 heteroatoms. The van der Waals surface area contributed by atoms with Gasteiger partial charge in [-0.05, 0) is 20.3 Å². The Labute approximate surface area is 123 Å². The van der Waals surface area contributed by atoms with Gasteiger partial charge in [0.2, 0.25) is 5.91 Å². The molecule has 0 unspecified atom stereocenters. The first-order valence-corrected chi connectivity index (χ1v) is 9.03. The lowest BCUT2D eigenvalue weighted by Gasteiger charge is -2.24. The third-order valence-electron chi connectivity index (χ3n) is 3.03. The molecular formula is C14H29NO4S. The van der Waals surface area contributed by atoms with Crippen molar-refractivity contribution in [3.8, 4) is 0 Å². The van der Waals surface area contributed by atoms with Crippen LogP contribution in [0, 0.1) is 0 Å². The molecule has 20 heavy (non-hydrogen) atoms. The fourth-order valence-corrected chi connectivity index (χ4v) is 3.16. The maximum Gasteiger partial charge on any atom is 0.267 e. The van der Waals surface area contributed by atoms with Crippen LogP contribution in [0.25, 0.3) is 0 Å². The molecule has 0 aliphatic carbocycles. The van der Waals surface area contributed by atoms with E-state index in [1.54, 1.807) is 13.8 Å². The van der Waals surface area contributed by atoms with Gasteiger partial charge in [0.05, 0.1) is 11.3 Å². The van der Waals surface area contributed by atoms with Gasteiger partial charge in [-0.1, -0.05) is 45.4 Å². The molecule has 0 fully saturated rings. The molecule has 0 bridgehead atoms. The average molecular weight is 307 g/mol. The molecule has 0 radical (unpaired) electrons. The highest BCUT2D eigenvalue weighted by Crippen LogP contribution is 2.10. The van der Waals surface area contributed by atoms with Crippen LogP contribution in [0.1, 0.15) is 72.1 Å². The molecule has 0 saturated carbocycles. The normalized spacial score (nSPS) is 12.4. The summed E-state index contributed by atoms with van der Waals surface area (Å²) in [6, 6.07) is 0. The van der Waals surface area contributed by atoms with Crippen molar-refractivity contribution in [3.63, 3.8) is 0 Å². The molecule has 0 aromatic rings. The summed E-state index contributed by atoms with van der Waals surface area (Å²) in [5, 5.41) is 2.65. The molecule has 0 aromatic heterocycles. The Morgan fingerprint density at radius 1 is 1.05 bits per heavy atom. The molecule has 0 heterocycles. The van der Waals surface area contributed by atoms with Crippen molar-refractivity contribution in [3.05, 3.63) is 0 Å². The molecule has 120 valence electrons. The number of amides is 1. The van der Waals surface area contributed by atoms with Crippen molar-refractivity contribution in [2.45, 2.75) is 77.7 Å². The van der Waals surface area contributed by atoms with Crippen molar-refractivity contribution in [2.24, 2.45) is 0 Å². The molecule has 0 saturated heterocycles. The Kier molecular flexibility index (Phi) is 9.05.